The van der Waals surface area contributed by atoms with Gasteiger partial charge in [-0.15, -0.1) is 144 Å². The Morgan fingerprint density at radius 1 is 0.288 bits per heavy atom. The summed E-state index contributed by atoms with van der Waals surface area (Å²) in [7, 11) is 9.06. The molecule has 0 atom stereocenters. The topological polar surface area (TPSA) is 51.6 Å². The minimum absolute atomic E-state index is 0.970. The number of hydrogen-bond donors (Lipinski definition) is 0. The van der Waals surface area contributed by atoms with E-state index in [4.69, 9.17) is 0 Å². The van der Waals surface area contributed by atoms with Gasteiger partial charge in [0, 0.05) is 24.8 Å². The van der Waals surface area contributed by atoms with Gasteiger partial charge in [0.2, 0.25) is 0 Å². The van der Waals surface area contributed by atoms with Crippen molar-refractivity contribution in [3.05, 3.63) is 219 Å². The third-order valence-electron chi connectivity index (χ3n) is 6.60. The molecule has 260 valence electrons. The summed E-state index contributed by atoms with van der Waals surface area (Å²) < 4.78 is 0. The van der Waals surface area contributed by atoms with Gasteiger partial charge in [-0.1, -0.05) is 48.5 Å². The fourth-order valence-corrected chi connectivity index (χ4v) is 4.30. The van der Waals surface area contributed by atoms with Crippen molar-refractivity contribution in [3.63, 3.8) is 0 Å². The van der Waals surface area contributed by atoms with Crippen LogP contribution in [-0.2, 0) is 34.6 Å². The van der Waals surface area contributed by atoms with Gasteiger partial charge in [-0.3, -0.25) is 0 Å². The average Bonchev–Trinajstić information content (AvgIpc) is 3.28. The Bertz CT molecular complexity index is 1530. The maximum Gasteiger partial charge on any atom is 0.0160 e. The monoisotopic (exact) mass is 892 g/mol. The van der Waals surface area contributed by atoms with Crippen LogP contribution in [0.5, 0.6) is 0 Å². The number of benzene rings is 4. The van der Waals surface area contributed by atoms with Gasteiger partial charge in [-0.25, -0.2) is 0 Å². The molecule has 0 aliphatic carbocycles. The molecular weight excluding hydrogens is 861 g/mol. The largest absolute Gasteiger partial charge is 0.305 e. The molecule has 0 fully saturated rings. The fraction of sp³-hybridized carbons (Fsp3) is 0. The van der Waals surface area contributed by atoms with Crippen LogP contribution in [0.3, 0.4) is 0 Å². The molecular formula is C44H32Cl2N4Rh2. The van der Waals surface area contributed by atoms with Crippen molar-refractivity contribution < 1.29 is 34.6 Å². The number of nitrogens with zero attached hydrogens (tertiary/aromatic N) is 4. The van der Waals surface area contributed by atoms with E-state index in [0.717, 1.165) is 45.0 Å². The molecule has 52 heavy (non-hydrogen) atoms. The predicted octanol–water partition coefficient (Wildman–Crippen LogP) is 11.6. The van der Waals surface area contributed by atoms with E-state index in [1.165, 1.54) is 0 Å². The van der Waals surface area contributed by atoms with Crippen LogP contribution in [0.25, 0.3) is 45.0 Å². The summed E-state index contributed by atoms with van der Waals surface area (Å²) in [6.45, 7) is 0. The Morgan fingerprint density at radius 3 is 0.654 bits per heavy atom. The van der Waals surface area contributed by atoms with Crippen molar-refractivity contribution in [2.24, 2.45) is 0 Å². The summed E-state index contributed by atoms with van der Waals surface area (Å²) >= 11 is 4.04. The van der Waals surface area contributed by atoms with Crippen molar-refractivity contribution in [3.8, 4) is 45.0 Å². The molecule has 0 unspecified atom stereocenters. The number of pyridine rings is 4. The predicted molar refractivity (Wildman–Crippen MR) is 206 cm³/mol. The molecule has 0 radical (unpaired) electrons. The molecule has 0 N–H and O–H groups in total. The smallest absolute Gasteiger partial charge is 0.0160 e. The van der Waals surface area contributed by atoms with Crippen LogP contribution in [0, 0.1) is 24.3 Å². The van der Waals surface area contributed by atoms with E-state index in [0.29, 0.717) is 0 Å². The quantitative estimate of drug-likeness (QED) is 0.130. The first-order valence-corrected chi connectivity index (χ1v) is 19.9. The number of rotatable bonds is 4. The van der Waals surface area contributed by atoms with Crippen molar-refractivity contribution >= 4 is 19.4 Å². The van der Waals surface area contributed by atoms with Gasteiger partial charge in [-0.2, -0.15) is 0 Å². The summed E-state index contributed by atoms with van der Waals surface area (Å²) in [4.78, 5) is 16.9. The van der Waals surface area contributed by atoms with Crippen LogP contribution in [0.15, 0.2) is 195 Å². The molecule has 0 aliphatic rings. The molecule has 4 aromatic carbocycles. The van der Waals surface area contributed by atoms with Gasteiger partial charge in [0.15, 0.2) is 0 Å². The van der Waals surface area contributed by atoms with Crippen LogP contribution < -0.4 is 0 Å². The first-order chi connectivity index (χ1) is 25.9. The minimum atomic E-state index is 0.970. The van der Waals surface area contributed by atoms with E-state index in [1.54, 1.807) is 24.8 Å². The third kappa shape index (κ3) is 15.7. The van der Waals surface area contributed by atoms with Crippen molar-refractivity contribution in [2.45, 2.75) is 0 Å². The summed E-state index contributed by atoms with van der Waals surface area (Å²) in [6, 6.07) is 67.3. The van der Waals surface area contributed by atoms with E-state index in [2.05, 4.69) is 63.6 Å². The average molecular weight is 893 g/mol. The zero-order valence-corrected chi connectivity index (χ0v) is 32.5. The van der Waals surface area contributed by atoms with Gasteiger partial charge in [0.05, 0.1) is 0 Å². The summed E-state index contributed by atoms with van der Waals surface area (Å²) in [5, 5.41) is 0. The third-order valence-corrected chi connectivity index (χ3v) is 6.60. The second kappa shape index (κ2) is 27.0. The molecule has 0 aliphatic heterocycles. The molecule has 4 heterocycles. The summed E-state index contributed by atoms with van der Waals surface area (Å²) in [5.41, 5.74) is 8.04. The van der Waals surface area contributed by atoms with E-state index < -0.39 is 0 Å². The molecule has 0 saturated heterocycles. The van der Waals surface area contributed by atoms with E-state index in [9.17, 15) is 0 Å². The maximum atomic E-state index is 4.53. The van der Waals surface area contributed by atoms with Gasteiger partial charge in [-0.05, 0) is 47.0 Å². The Labute approximate surface area is 335 Å². The molecule has 8 heteroatoms. The Hall–Kier alpha value is -4.69. The van der Waals surface area contributed by atoms with Gasteiger partial charge in [0.1, 0.15) is 0 Å². The van der Waals surface area contributed by atoms with Crippen LogP contribution in [0.4, 0.5) is 0 Å². The number of hydrogen-bond acceptors (Lipinski definition) is 4. The Balaban J connectivity index is 0.000000181. The van der Waals surface area contributed by atoms with Crippen LogP contribution in [-0.4, -0.2) is 19.9 Å². The van der Waals surface area contributed by atoms with Crippen molar-refractivity contribution in [1.29, 1.82) is 0 Å². The van der Waals surface area contributed by atoms with Crippen molar-refractivity contribution in [2.75, 3.05) is 0 Å². The minimum Gasteiger partial charge on any atom is -0.305 e. The molecule has 0 saturated carbocycles. The van der Waals surface area contributed by atoms with Crippen LogP contribution in [0.2, 0.25) is 0 Å². The van der Waals surface area contributed by atoms with Crippen molar-refractivity contribution in [1.82, 2.24) is 19.9 Å². The molecule has 0 amide bonds. The second-order valence-electron chi connectivity index (χ2n) is 9.96. The first kappa shape index (κ1) is 41.7. The molecule has 4 nitrogen and oxygen atoms in total. The zero-order chi connectivity index (χ0) is 36.9. The Morgan fingerprint density at radius 2 is 0.500 bits per heavy atom. The van der Waals surface area contributed by atoms with Gasteiger partial charge in [0.25, 0.3) is 0 Å². The molecule has 0 spiro atoms. The zero-order valence-electron chi connectivity index (χ0n) is 27.7. The van der Waals surface area contributed by atoms with Crippen LogP contribution in [0.1, 0.15) is 0 Å². The van der Waals surface area contributed by atoms with Gasteiger partial charge < -0.3 is 19.9 Å². The molecule has 8 aromatic rings. The first-order valence-electron chi connectivity index (χ1n) is 15.6. The Kier molecular flexibility index (Phi) is 21.7. The molecule has 0 bridgehead atoms. The van der Waals surface area contributed by atoms with E-state index in [1.807, 2.05) is 204 Å². The summed E-state index contributed by atoms with van der Waals surface area (Å²) in [6.07, 6.45) is 7.15. The number of halogens is 2. The molecule has 4 aromatic heterocycles. The van der Waals surface area contributed by atoms with E-state index >= 15 is 0 Å². The second-order valence-corrected chi connectivity index (χ2v) is 9.96. The number of aromatic nitrogens is 4. The van der Waals surface area contributed by atoms with Gasteiger partial charge >= 0.3 is 54.0 Å². The standard InChI is InChI=1S/4C11H8N.2ClH.2Rh/c4*1-2-6-10(7-3-1)11-8-4-5-9-12-11;;;;/h4*1-6,8-9H;2*1H;;/q4*-1;;;2*+3/p-2. The SMILES string of the molecule is [Cl][Rh+2].[Cl][Rh+2].[c-]1ccccc1-c1ccccn1.[c-]1ccccc1-c1ccccn1.[c-]1ccccc1-c1ccccn1.[c-]1ccccc1-c1ccccn1. The molecule has 8 rings (SSSR count). The van der Waals surface area contributed by atoms with E-state index in [-0.39, 0.29) is 0 Å². The normalized spacial score (nSPS) is 9.15. The van der Waals surface area contributed by atoms with Crippen LogP contribution >= 0.6 is 19.4 Å². The summed E-state index contributed by atoms with van der Waals surface area (Å²) in [5.74, 6) is 0. The maximum absolute atomic E-state index is 4.53. The fourth-order valence-electron chi connectivity index (χ4n) is 4.30.